The zero-order valence-corrected chi connectivity index (χ0v) is 15.6. The minimum Gasteiger partial charge on any atom is -0.305 e. The van der Waals surface area contributed by atoms with Crippen molar-refractivity contribution in [3.63, 3.8) is 0 Å². The van der Waals surface area contributed by atoms with Crippen molar-refractivity contribution in [3.05, 3.63) is 79.6 Å². The van der Waals surface area contributed by atoms with Crippen LogP contribution in [0.4, 0.5) is 13.9 Å². The lowest BCUT2D eigenvalue weighted by atomic mass is 10.1. The second-order valence-corrected chi connectivity index (χ2v) is 7.44. The minimum absolute atomic E-state index is 0.153. The fourth-order valence-corrected chi connectivity index (χ4v) is 3.47. The van der Waals surface area contributed by atoms with Gasteiger partial charge in [0.05, 0.1) is 0 Å². The fraction of sp³-hybridized carbons (Fsp3) is 0.118. The number of anilines is 1. The van der Waals surface area contributed by atoms with Gasteiger partial charge in [-0.15, -0.1) is 11.3 Å². The molecule has 134 valence electrons. The van der Waals surface area contributed by atoms with Crippen LogP contribution in [0.5, 0.6) is 0 Å². The summed E-state index contributed by atoms with van der Waals surface area (Å²) in [6, 6.07) is 6.35. The van der Waals surface area contributed by atoms with Crippen LogP contribution in [-0.2, 0) is 17.8 Å². The lowest BCUT2D eigenvalue weighted by molar-refractivity contribution is -0.116. The van der Waals surface area contributed by atoms with Gasteiger partial charge in [-0.1, -0.05) is 6.07 Å². The molecule has 26 heavy (non-hydrogen) atoms. The van der Waals surface area contributed by atoms with E-state index in [4.69, 9.17) is 0 Å². The molecule has 3 rings (SSSR count). The number of hydrogen-bond acceptors (Lipinski definition) is 4. The van der Waals surface area contributed by atoms with Crippen molar-refractivity contribution in [1.82, 2.24) is 9.55 Å². The molecule has 1 N–H and O–H groups in total. The number of nitrogens with zero attached hydrogens (tertiary/aromatic N) is 2. The summed E-state index contributed by atoms with van der Waals surface area (Å²) in [5.41, 5.74) is 0.0450. The fourth-order valence-electron chi connectivity index (χ4n) is 2.24. The van der Waals surface area contributed by atoms with E-state index in [1.807, 2.05) is 0 Å². The van der Waals surface area contributed by atoms with E-state index in [9.17, 15) is 18.4 Å². The molecule has 2 heterocycles. The highest BCUT2D eigenvalue weighted by atomic mass is 79.9. The first-order chi connectivity index (χ1) is 12.4. The Kier molecular flexibility index (Phi) is 5.58. The van der Waals surface area contributed by atoms with Crippen molar-refractivity contribution in [1.29, 1.82) is 0 Å². The zero-order valence-electron chi connectivity index (χ0n) is 13.2. The maximum absolute atomic E-state index is 13.7. The number of carbonyl (C=O) groups excluding carboxylic acids is 1. The molecule has 0 fully saturated rings. The standard InChI is InChI=1S/C17H12BrF2N3O2S/c18-11-2-4-16(25)23(8-11)9-15(24)22-17-21-7-13(26-17)5-10-1-3-12(19)6-14(10)20/h1-4,6-8H,5,9H2,(H,21,22,24). The monoisotopic (exact) mass is 439 g/mol. The molecular weight excluding hydrogens is 428 g/mol. The molecule has 9 heteroatoms. The predicted molar refractivity (Wildman–Crippen MR) is 98.3 cm³/mol. The molecule has 0 bridgehead atoms. The second-order valence-electron chi connectivity index (χ2n) is 5.41. The van der Waals surface area contributed by atoms with Crippen LogP contribution in [0.2, 0.25) is 0 Å². The number of amides is 1. The van der Waals surface area contributed by atoms with Crippen LogP contribution in [0.3, 0.4) is 0 Å². The highest BCUT2D eigenvalue weighted by Crippen LogP contribution is 2.22. The molecule has 5 nitrogen and oxygen atoms in total. The zero-order chi connectivity index (χ0) is 18.7. The summed E-state index contributed by atoms with van der Waals surface area (Å²) in [4.78, 5) is 28.6. The SMILES string of the molecule is O=C(Cn1cc(Br)ccc1=O)Nc1ncc(Cc2ccc(F)cc2F)s1. The molecule has 0 saturated heterocycles. The number of benzene rings is 1. The Labute approximate surface area is 159 Å². The van der Waals surface area contributed by atoms with Gasteiger partial charge in [0.15, 0.2) is 5.13 Å². The van der Waals surface area contributed by atoms with E-state index in [0.717, 1.165) is 6.07 Å². The molecule has 0 radical (unpaired) electrons. The van der Waals surface area contributed by atoms with Gasteiger partial charge in [-0.25, -0.2) is 13.8 Å². The van der Waals surface area contributed by atoms with Crippen molar-refractivity contribution in [2.24, 2.45) is 0 Å². The van der Waals surface area contributed by atoms with E-state index >= 15 is 0 Å². The van der Waals surface area contributed by atoms with E-state index in [1.54, 1.807) is 6.07 Å². The number of thiazole rings is 1. The molecule has 0 saturated carbocycles. The maximum Gasteiger partial charge on any atom is 0.251 e. The third-order valence-corrected chi connectivity index (χ3v) is 4.82. The average molecular weight is 440 g/mol. The van der Waals surface area contributed by atoms with Crippen molar-refractivity contribution < 1.29 is 13.6 Å². The topological polar surface area (TPSA) is 64.0 Å². The van der Waals surface area contributed by atoms with Crippen LogP contribution in [0.15, 0.2) is 52.0 Å². The summed E-state index contributed by atoms with van der Waals surface area (Å²) >= 11 is 4.43. The molecule has 0 aliphatic heterocycles. The van der Waals surface area contributed by atoms with Gasteiger partial charge < -0.3 is 9.88 Å². The normalized spacial score (nSPS) is 10.7. The summed E-state index contributed by atoms with van der Waals surface area (Å²) < 4.78 is 28.6. The van der Waals surface area contributed by atoms with E-state index in [2.05, 4.69) is 26.2 Å². The van der Waals surface area contributed by atoms with E-state index in [-0.39, 0.29) is 18.5 Å². The molecule has 0 aliphatic rings. The average Bonchev–Trinajstić information content (AvgIpc) is 3.00. The highest BCUT2D eigenvalue weighted by molar-refractivity contribution is 9.10. The van der Waals surface area contributed by atoms with Gasteiger partial charge in [0, 0.05) is 40.3 Å². The van der Waals surface area contributed by atoms with Gasteiger partial charge in [-0.05, 0) is 33.6 Å². The predicted octanol–water partition coefficient (Wildman–Crippen LogP) is 3.58. The minimum atomic E-state index is -0.633. The number of aromatic nitrogens is 2. The van der Waals surface area contributed by atoms with Crippen LogP contribution in [0.1, 0.15) is 10.4 Å². The Balaban J connectivity index is 1.65. The Morgan fingerprint density at radius 2 is 2.08 bits per heavy atom. The Bertz CT molecular complexity index is 1020. The lowest BCUT2D eigenvalue weighted by Gasteiger charge is -2.05. The van der Waals surface area contributed by atoms with Crippen LogP contribution in [-0.4, -0.2) is 15.5 Å². The number of hydrogen-bond donors (Lipinski definition) is 1. The summed E-state index contributed by atoms with van der Waals surface area (Å²) in [5, 5.41) is 2.95. The molecule has 1 aromatic carbocycles. The van der Waals surface area contributed by atoms with E-state index in [1.165, 1.54) is 46.5 Å². The molecule has 2 aromatic heterocycles. The largest absolute Gasteiger partial charge is 0.305 e. The van der Waals surface area contributed by atoms with E-state index < -0.39 is 17.5 Å². The van der Waals surface area contributed by atoms with Gasteiger partial charge in [0.2, 0.25) is 5.91 Å². The Morgan fingerprint density at radius 3 is 2.85 bits per heavy atom. The number of rotatable bonds is 5. The number of nitrogens with one attached hydrogen (secondary N) is 1. The van der Waals surface area contributed by atoms with Gasteiger partial charge in [0.25, 0.3) is 5.56 Å². The first-order valence-corrected chi connectivity index (χ1v) is 9.06. The van der Waals surface area contributed by atoms with Crippen LogP contribution < -0.4 is 10.9 Å². The van der Waals surface area contributed by atoms with Crippen molar-refractivity contribution >= 4 is 38.3 Å². The molecule has 0 spiro atoms. The summed E-state index contributed by atoms with van der Waals surface area (Å²) in [6.45, 7) is -0.153. The van der Waals surface area contributed by atoms with E-state index in [0.29, 0.717) is 20.0 Å². The van der Waals surface area contributed by atoms with Gasteiger partial charge in [-0.3, -0.25) is 9.59 Å². The first-order valence-electron chi connectivity index (χ1n) is 7.45. The van der Waals surface area contributed by atoms with Gasteiger partial charge >= 0.3 is 0 Å². The number of pyridine rings is 1. The van der Waals surface area contributed by atoms with Gasteiger partial charge in [-0.2, -0.15) is 0 Å². The molecular formula is C17H12BrF2N3O2S. The third-order valence-electron chi connectivity index (χ3n) is 3.44. The second kappa shape index (κ2) is 7.88. The van der Waals surface area contributed by atoms with Crippen LogP contribution in [0.25, 0.3) is 0 Å². The summed E-state index contributed by atoms with van der Waals surface area (Å²) in [7, 11) is 0. The molecule has 0 unspecified atom stereocenters. The summed E-state index contributed by atoms with van der Waals surface area (Å²) in [5.74, 6) is -1.66. The highest BCUT2D eigenvalue weighted by Gasteiger charge is 2.11. The number of carbonyl (C=O) groups is 1. The van der Waals surface area contributed by atoms with Crippen LogP contribution in [0, 0.1) is 11.6 Å². The molecule has 0 atom stereocenters. The lowest BCUT2D eigenvalue weighted by Crippen LogP contribution is -2.26. The Hall–Kier alpha value is -2.39. The van der Waals surface area contributed by atoms with Crippen molar-refractivity contribution in [3.8, 4) is 0 Å². The third kappa shape index (κ3) is 4.61. The Morgan fingerprint density at radius 1 is 1.27 bits per heavy atom. The van der Waals surface area contributed by atoms with Crippen molar-refractivity contribution in [2.75, 3.05) is 5.32 Å². The smallest absolute Gasteiger partial charge is 0.251 e. The van der Waals surface area contributed by atoms with Gasteiger partial charge in [0.1, 0.15) is 18.2 Å². The summed E-state index contributed by atoms with van der Waals surface area (Å²) in [6.07, 6.45) is 3.28. The molecule has 1 amide bonds. The van der Waals surface area contributed by atoms with Crippen molar-refractivity contribution in [2.45, 2.75) is 13.0 Å². The molecule has 0 aliphatic carbocycles. The number of halogens is 3. The first kappa shape index (κ1) is 18.4. The molecule has 3 aromatic rings. The quantitative estimate of drug-likeness (QED) is 0.660. The van der Waals surface area contributed by atoms with Crippen LogP contribution >= 0.6 is 27.3 Å². The maximum atomic E-state index is 13.7.